The summed E-state index contributed by atoms with van der Waals surface area (Å²) in [6.45, 7) is 7.11. The zero-order chi connectivity index (χ0) is 14.4. The molecule has 0 radical (unpaired) electrons. The zero-order valence-electron chi connectivity index (χ0n) is 13.2. The number of aryl methyl sites for hydroxylation is 1. The highest BCUT2D eigenvalue weighted by Gasteiger charge is 2.17. The minimum atomic E-state index is 0.819. The molecule has 4 heteroatoms. The van der Waals surface area contributed by atoms with Crippen molar-refractivity contribution in [3.8, 4) is 0 Å². The second-order valence-corrected chi connectivity index (χ2v) is 5.95. The minimum Gasteiger partial charge on any atom is -0.344 e. The van der Waals surface area contributed by atoms with Crippen LogP contribution in [-0.2, 0) is 6.54 Å². The van der Waals surface area contributed by atoms with Crippen molar-refractivity contribution in [2.75, 3.05) is 25.0 Å². The van der Waals surface area contributed by atoms with Crippen LogP contribution in [-0.4, -0.2) is 30.1 Å². The van der Waals surface area contributed by atoms with Crippen LogP contribution in [0.1, 0.15) is 50.3 Å². The molecule has 0 amide bonds. The van der Waals surface area contributed by atoms with E-state index in [1.165, 1.54) is 37.7 Å². The van der Waals surface area contributed by atoms with Crippen LogP contribution in [0.5, 0.6) is 0 Å². The van der Waals surface area contributed by atoms with E-state index in [4.69, 9.17) is 0 Å². The molecule has 0 spiro atoms. The summed E-state index contributed by atoms with van der Waals surface area (Å²) in [6.07, 6.45) is 8.89. The zero-order valence-corrected chi connectivity index (χ0v) is 13.2. The second kappa shape index (κ2) is 7.58. The van der Waals surface area contributed by atoms with Crippen LogP contribution in [0.2, 0.25) is 0 Å². The van der Waals surface area contributed by atoms with Crippen LogP contribution in [0.4, 0.5) is 5.95 Å². The van der Waals surface area contributed by atoms with E-state index >= 15 is 0 Å². The van der Waals surface area contributed by atoms with Gasteiger partial charge in [-0.3, -0.25) is 0 Å². The van der Waals surface area contributed by atoms with E-state index in [-0.39, 0.29) is 0 Å². The van der Waals surface area contributed by atoms with Gasteiger partial charge in [0.05, 0.1) is 0 Å². The Balaban J connectivity index is 1.95. The molecule has 1 aromatic heterocycles. The third-order valence-corrected chi connectivity index (χ3v) is 4.23. The first-order valence-electron chi connectivity index (χ1n) is 7.95. The average molecular weight is 276 g/mol. The van der Waals surface area contributed by atoms with E-state index < -0.39 is 0 Å². The predicted octanol–water partition coefficient (Wildman–Crippen LogP) is 2.91. The quantitative estimate of drug-likeness (QED) is 0.867. The molecule has 0 aromatic carbocycles. The Kier molecular flexibility index (Phi) is 5.77. The Morgan fingerprint density at radius 3 is 2.70 bits per heavy atom. The van der Waals surface area contributed by atoms with Crippen molar-refractivity contribution in [2.24, 2.45) is 5.92 Å². The first kappa shape index (κ1) is 15.2. The Bertz CT molecular complexity index is 413. The summed E-state index contributed by atoms with van der Waals surface area (Å²) in [6, 6.07) is 0. The lowest BCUT2D eigenvalue weighted by molar-refractivity contribution is 0.361. The molecule has 0 unspecified atom stereocenters. The molecule has 1 aliphatic carbocycles. The summed E-state index contributed by atoms with van der Waals surface area (Å²) in [5, 5.41) is 3.33. The van der Waals surface area contributed by atoms with Gasteiger partial charge in [0.1, 0.15) is 0 Å². The number of nitrogens with zero attached hydrogens (tertiary/aromatic N) is 3. The maximum absolute atomic E-state index is 4.67. The molecule has 0 aliphatic heterocycles. The first-order valence-corrected chi connectivity index (χ1v) is 7.95. The standard InChI is InChI=1S/C16H28N4/c1-4-17-10-15-11-18-16(19-13(15)2)20(3)12-14-8-6-5-7-9-14/h11,14,17H,4-10,12H2,1-3H3. The van der Waals surface area contributed by atoms with Crippen molar-refractivity contribution in [2.45, 2.75) is 52.5 Å². The fraction of sp³-hybridized carbons (Fsp3) is 0.750. The smallest absolute Gasteiger partial charge is 0.225 e. The molecule has 0 saturated heterocycles. The van der Waals surface area contributed by atoms with Gasteiger partial charge in [0.2, 0.25) is 5.95 Å². The maximum Gasteiger partial charge on any atom is 0.225 e. The Labute approximate surface area is 123 Å². The lowest BCUT2D eigenvalue weighted by atomic mass is 9.89. The number of aromatic nitrogens is 2. The third kappa shape index (κ3) is 4.17. The Hall–Kier alpha value is -1.16. The predicted molar refractivity (Wildman–Crippen MR) is 84.0 cm³/mol. The van der Waals surface area contributed by atoms with E-state index in [9.17, 15) is 0 Å². The lowest BCUT2D eigenvalue weighted by Crippen LogP contribution is -2.28. The van der Waals surface area contributed by atoms with Crippen molar-refractivity contribution >= 4 is 5.95 Å². The number of hydrogen-bond donors (Lipinski definition) is 1. The van der Waals surface area contributed by atoms with Crippen LogP contribution in [0, 0.1) is 12.8 Å². The van der Waals surface area contributed by atoms with Gasteiger partial charge in [-0.15, -0.1) is 0 Å². The van der Waals surface area contributed by atoms with Crippen molar-refractivity contribution < 1.29 is 0 Å². The normalized spacial score (nSPS) is 16.4. The van der Waals surface area contributed by atoms with Gasteiger partial charge in [-0.25, -0.2) is 9.97 Å². The summed E-state index contributed by atoms with van der Waals surface area (Å²) in [5.41, 5.74) is 2.29. The number of rotatable bonds is 6. The summed E-state index contributed by atoms with van der Waals surface area (Å²) in [7, 11) is 2.12. The Morgan fingerprint density at radius 1 is 1.30 bits per heavy atom. The average Bonchev–Trinajstić information content (AvgIpc) is 2.47. The molecule has 1 aromatic rings. The van der Waals surface area contributed by atoms with Crippen molar-refractivity contribution in [1.29, 1.82) is 0 Å². The van der Waals surface area contributed by atoms with Crippen LogP contribution in [0.25, 0.3) is 0 Å². The van der Waals surface area contributed by atoms with Crippen LogP contribution in [0.3, 0.4) is 0 Å². The molecule has 0 atom stereocenters. The van der Waals surface area contributed by atoms with Crippen LogP contribution >= 0.6 is 0 Å². The number of hydrogen-bond acceptors (Lipinski definition) is 4. The van der Waals surface area contributed by atoms with Gasteiger partial charge < -0.3 is 10.2 Å². The van der Waals surface area contributed by atoms with Gasteiger partial charge in [-0.1, -0.05) is 26.2 Å². The van der Waals surface area contributed by atoms with E-state index in [0.29, 0.717) is 0 Å². The topological polar surface area (TPSA) is 41.1 Å². The molecule has 1 fully saturated rings. The van der Waals surface area contributed by atoms with Crippen molar-refractivity contribution in [3.05, 3.63) is 17.5 Å². The van der Waals surface area contributed by atoms with Gasteiger partial charge in [0.15, 0.2) is 0 Å². The molecular weight excluding hydrogens is 248 g/mol. The molecule has 0 bridgehead atoms. The number of anilines is 1. The summed E-state index contributed by atoms with van der Waals surface area (Å²) >= 11 is 0. The van der Waals surface area contributed by atoms with Crippen LogP contribution < -0.4 is 10.2 Å². The highest BCUT2D eigenvalue weighted by atomic mass is 15.2. The van der Waals surface area contributed by atoms with E-state index in [1.54, 1.807) is 0 Å². The monoisotopic (exact) mass is 276 g/mol. The molecule has 1 saturated carbocycles. The minimum absolute atomic E-state index is 0.819. The van der Waals surface area contributed by atoms with Crippen LogP contribution in [0.15, 0.2) is 6.20 Å². The molecule has 1 aliphatic rings. The lowest BCUT2D eigenvalue weighted by Gasteiger charge is -2.27. The first-order chi connectivity index (χ1) is 9.70. The third-order valence-electron chi connectivity index (χ3n) is 4.23. The number of nitrogens with one attached hydrogen (secondary N) is 1. The van der Waals surface area contributed by atoms with Gasteiger partial charge in [0, 0.05) is 37.6 Å². The molecule has 20 heavy (non-hydrogen) atoms. The highest BCUT2D eigenvalue weighted by Crippen LogP contribution is 2.25. The summed E-state index contributed by atoms with van der Waals surface area (Å²) in [4.78, 5) is 11.4. The maximum atomic E-state index is 4.67. The fourth-order valence-corrected chi connectivity index (χ4v) is 2.94. The SMILES string of the molecule is CCNCc1cnc(N(C)CC2CCCCC2)nc1C. The summed E-state index contributed by atoms with van der Waals surface area (Å²) < 4.78 is 0. The molecular formula is C16H28N4. The highest BCUT2D eigenvalue weighted by molar-refractivity contribution is 5.31. The fourth-order valence-electron chi connectivity index (χ4n) is 2.94. The van der Waals surface area contributed by atoms with Gasteiger partial charge in [0.25, 0.3) is 0 Å². The van der Waals surface area contributed by atoms with Gasteiger partial charge >= 0.3 is 0 Å². The van der Waals surface area contributed by atoms with Gasteiger partial charge in [-0.05, 0) is 32.2 Å². The molecule has 1 N–H and O–H groups in total. The largest absolute Gasteiger partial charge is 0.344 e. The van der Waals surface area contributed by atoms with E-state index in [1.807, 2.05) is 6.20 Å². The van der Waals surface area contributed by atoms with Crippen molar-refractivity contribution in [3.63, 3.8) is 0 Å². The molecule has 112 valence electrons. The molecule has 4 nitrogen and oxygen atoms in total. The van der Waals surface area contributed by atoms with E-state index in [0.717, 1.165) is 37.2 Å². The van der Waals surface area contributed by atoms with Crippen molar-refractivity contribution in [1.82, 2.24) is 15.3 Å². The summed E-state index contributed by atoms with van der Waals surface area (Å²) in [5.74, 6) is 1.69. The molecule has 2 rings (SSSR count). The van der Waals surface area contributed by atoms with E-state index in [2.05, 4.69) is 41.1 Å². The molecule has 1 heterocycles. The second-order valence-electron chi connectivity index (χ2n) is 5.95. The Morgan fingerprint density at radius 2 is 2.05 bits per heavy atom. The van der Waals surface area contributed by atoms with Gasteiger partial charge in [-0.2, -0.15) is 0 Å².